The zero-order valence-electron chi connectivity index (χ0n) is 19.4. The zero-order chi connectivity index (χ0) is 23.4. The maximum absolute atomic E-state index is 13.8. The summed E-state index contributed by atoms with van der Waals surface area (Å²) in [6, 6.07) is 16.4. The van der Waals surface area contributed by atoms with Crippen LogP contribution in [0, 0.1) is 27.7 Å². The SMILES string of the molecule is COc1cccc(C2c3c(oc4cc(C)c(C)cc4c3=O)C(=O)N2c2ccc(C)c(C)c2)c1. The van der Waals surface area contributed by atoms with Crippen LogP contribution in [0.25, 0.3) is 11.0 Å². The number of hydrogen-bond donors (Lipinski definition) is 0. The lowest BCUT2D eigenvalue weighted by Crippen LogP contribution is -2.29. The Labute approximate surface area is 192 Å². The van der Waals surface area contributed by atoms with Gasteiger partial charge in [-0.1, -0.05) is 18.2 Å². The predicted molar refractivity (Wildman–Crippen MR) is 130 cm³/mol. The van der Waals surface area contributed by atoms with Crippen molar-refractivity contribution in [3.63, 3.8) is 0 Å². The van der Waals surface area contributed by atoms with Crippen LogP contribution < -0.4 is 15.1 Å². The first kappa shape index (κ1) is 21.0. The maximum atomic E-state index is 13.8. The highest BCUT2D eigenvalue weighted by Gasteiger charge is 2.43. The van der Waals surface area contributed by atoms with Gasteiger partial charge in [-0.05, 0) is 91.9 Å². The molecule has 5 rings (SSSR count). The number of carbonyl (C=O) groups is 1. The molecule has 5 nitrogen and oxygen atoms in total. The van der Waals surface area contributed by atoms with Gasteiger partial charge in [-0.3, -0.25) is 14.5 Å². The van der Waals surface area contributed by atoms with Crippen LogP contribution in [0.3, 0.4) is 0 Å². The normalized spacial score (nSPS) is 15.2. The molecule has 2 heterocycles. The quantitative estimate of drug-likeness (QED) is 0.406. The summed E-state index contributed by atoms with van der Waals surface area (Å²) in [5.74, 6) is 0.435. The van der Waals surface area contributed by atoms with Gasteiger partial charge in [0, 0.05) is 5.69 Å². The standard InChI is InChI=1S/C28H25NO4/c1-15-9-10-20(11-16(15)2)29-25(19-7-6-8-21(14-19)32-5)24-26(30)22-12-17(3)18(4)13-23(22)33-27(24)28(29)31/h6-14,25H,1-5H3. The van der Waals surface area contributed by atoms with E-state index < -0.39 is 6.04 Å². The van der Waals surface area contributed by atoms with Crippen molar-refractivity contribution in [2.75, 3.05) is 12.0 Å². The third-order valence-corrected chi connectivity index (χ3v) is 6.66. The van der Waals surface area contributed by atoms with E-state index >= 15 is 0 Å². The van der Waals surface area contributed by atoms with Crippen molar-refractivity contribution >= 4 is 22.6 Å². The molecule has 0 fully saturated rings. The second kappa shape index (κ2) is 7.62. The minimum absolute atomic E-state index is 0.0989. The van der Waals surface area contributed by atoms with E-state index in [2.05, 4.69) is 0 Å². The Morgan fingerprint density at radius 3 is 2.30 bits per heavy atom. The molecule has 0 bridgehead atoms. The smallest absolute Gasteiger partial charge is 0.295 e. The summed E-state index contributed by atoms with van der Waals surface area (Å²) in [7, 11) is 1.60. The van der Waals surface area contributed by atoms with Crippen molar-refractivity contribution in [1.29, 1.82) is 0 Å². The number of nitrogens with zero attached hydrogens (tertiary/aromatic N) is 1. The first-order valence-electron chi connectivity index (χ1n) is 10.9. The van der Waals surface area contributed by atoms with Crippen LogP contribution in [0.5, 0.6) is 5.75 Å². The second-order valence-corrected chi connectivity index (χ2v) is 8.73. The Bertz CT molecular complexity index is 1500. The van der Waals surface area contributed by atoms with Gasteiger partial charge in [0.2, 0.25) is 5.76 Å². The molecule has 166 valence electrons. The molecule has 0 saturated carbocycles. The summed E-state index contributed by atoms with van der Waals surface area (Å²) >= 11 is 0. The largest absolute Gasteiger partial charge is 0.497 e. The van der Waals surface area contributed by atoms with Crippen molar-refractivity contribution in [2.45, 2.75) is 33.7 Å². The number of aryl methyl sites for hydroxylation is 4. The average molecular weight is 440 g/mol. The molecular weight excluding hydrogens is 414 g/mol. The molecule has 5 heteroatoms. The van der Waals surface area contributed by atoms with Crippen LogP contribution in [0.1, 0.15) is 50.0 Å². The third kappa shape index (κ3) is 3.23. The van der Waals surface area contributed by atoms with Crippen LogP contribution in [0.15, 0.2) is 63.8 Å². The molecule has 0 saturated heterocycles. The minimum Gasteiger partial charge on any atom is -0.497 e. The summed E-state index contributed by atoms with van der Waals surface area (Å²) in [6.07, 6.45) is 0. The fraction of sp³-hybridized carbons (Fsp3) is 0.214. The van der Waals surface area contributed by atoms with Crippen LogP contribution in [-0.4, -0.2) is 13.0 Å². The van der Waals surface area contributed by atoms with Crippen LogP contribution in [0.4, 0.5) is 5.69 Å². The highest BCUT2D eigenvalue weighted by molar-refractivity contribution is 6.10. The zero-order valence-corrected chi connectivity index (χ0v) is 19.4. The average Bonchev–Trinajstić information content (AvgIpc) is 3.10. The Kier molecular flexibility index (Phi) is 4.85. The first-order chi connectivity index (χ1) is 15.8. The molecule has 0 radical (unpaired) electrons. The Morgan fingerprint density at radius 2 is 1.58 bits per heavy atom. The molecular formula is C28H25NO4. The van der Waals surface area contributed by atoms with Gasteiger partial charge in [-0.25, -0.2) is 0 Å². The van der Waals surface area contributed by atoms with Crippen LogP contribution in [-0.2, 0) is 0 Å². The van der Waals surface area contributed by atoms with Gasteiger partial charge in [0.05, 0.1) is 24.1 Å². The first-order valence-corrected chi connectivity index (χ1v) is 10.9. The monoisotopic (exact) mass is 439 g/mol. The molecule has 1 aliphatic rings. The van der Waals surface area contributed by atoms with E-state index in [1.54, 1.807) is 12.0 Å². The van der Waals surface area contributed by atoms with E-state index in [9.17, 15) is 9.59 Å². The van der Waals surface area contributed by atoms with Gasteiger partial charge in [-0.2, -0.15) is 0 Å². The number of rotatable bonds is 3. The second-order valence-electron chi connectivity index (χ2n) is 8.73. The number of amides is 1. The number of methoxy groups -OCH3 is 1. The van der Waals surface area contributed by atoms with E-state index in [1.165, 1.54) is 0 Å². The molecule has 0 spiro atoms. The van der Waals surface area contributed by atoms with Gasteiger partial charge in [-0.15, -0.1) is 0 Å². The van der Waals surface area contributed by atoms with Crippen molar-refractivity contribution in [1.82, 2.24) is 0 Å². The van der Waals surface area contributed by atoms with Crippen molar-refractivity contribution < 1.29 is 13.9 Å². The Balaban J connectivity index is 1.83. The van der Waals surface area contributed by atoms with Gasteiger partial charge in [0.15, 0.2) is 5.43 Å². The van der Waals surface area contributed by atoms with Crippen molar-refractivity contribution in [2.24, 2.45) is 0 Å². The van der Waals surface area contributed by atoms with E-state index in [1.807, 2.05) is 82.3 Å². The van der Waals surface area contributed by atoms with E-state index in [0.717, 1.165) is 33.5 Å². The fourth-order valence-corrected chi connectivity index (χ4v) is 4.50. The molecule has 4 aromatic rings. The van der Waals surface area contributed by atoms with Crippen LogP contribution >= 0.6 is 0 Å². The molecule has 0 N–H and O–H groups in total. The van der Waals surface area contributed by atoms with E-state index in [-0.39, 0.29) is 17.1 Å². The topological polar surface area (TPSA) is 59.8 Å². The molecule has 33 heavy (non-hydrogen) atoms. The lowest BCUT2D eigenvalue weighted by atomic mass is 9.97. The molecule has 1 atom stereocenters. The third-order valence-electron chi connectivity index (χ3n) is 6.66. The minimum atomic E-state index is -0.619. The van der Waals surface area contributed by atoms with Crippen molar-refractivity contribution in [3.05, 3.63) is 104 Å². The molecule has 1 unspecified atom stereocenters. The number of carbonyl (C=O) groups excluding carboxylic acids is 1. The maximum Gasteiger partial charge on any atom is 0.295 e. The molecule has 3 aromatic carbocycles. The Morgan fingerprint density at radius 1 is 0.848 bits per heavy atom. The van der Waals surface area contributed by atoms with Gasteiger partial charge in [0.1, 0.15) is 11.3 Å². The molecule has 1 aliphatic heterocycles. The van der Waals surface area contributed by atoms with Gasteiger partial charge < -0.3 is 9.15 Å². The molecule has 0 aliphatic carbocycles. The van der Waals surface area contributed by atoms with Crippen LogP contribution in [0.2, 0.25) is 0 Å². The lowest BCUT2D eigenvalue weighted by Gasteiger charge is -2.26. The number of hydrogen-bond acceptors (Lipinski definition) is 4. The summed E-state index contributed by atoms with van der Waals surface area (Å²) in [5.41, 5.74) is 6.33. The molecule has 1 aromatic heterocycles. The number of fused-ring (bicyclic) bond motifs is 2. The van der Waals surface area contributed by atoms with E-state index in [0.29, 0.717) is 22.3 Å². The summed E-state index contributed by atoms with van der Waals surface area (Å²) in [5, 5.41) is 0.486. The highest BCUT2D eigenvalue weighted by atomic mass is 16.5. The molecule has 1 amide bonds. The van der Waals surface area contributed by atoms with Gasteiger partial charge >= 0.3 is 0 Å². The summed E-state index contributed by atoms with van der Waals surface area (Å²) in [4.78, 5) is 29.2. The van der Waals surface area contributed by atoms with E-state index in [4.69, 9.17) is 9.15 Å². The summed E-state index contributed by atoms with van der Waals surface area (Å²) in [6.45, 7) is 7.97. The Hall–Kier alpha value is -3.86. The number of benzene rings is 3. The predicted octanol–water partition coefficient (Wildman–Crippen LogP) is 5.79. The van der Waals surface area contributed by atoms with Crippen molar-refractivity contribution in [3.8, 4) is 5.75 Å². The highest BCUT2D eigenvalue weighted by Crippen LogP contribution is 2.42. The number of anilines is 1. The fourth-order valence-electron chi connectivity index (χ4n) is 4.50. The summed E-state index contributed by atoms with van der Waals surface area (Å²) < 4.78 is 11.6. The van der Waals surface area contributed by atoms with Gasteiger partial charge in [0.25, 0.3) is 5.91 Å². The number of ether oxygens (including phenoxy) is 1. The lowest BCUT2D eigenvalue weighted by molar-refractivity contribution is 0.0971.